The van der Waals surface area contributed by atoms with Crippen LogP contribution in [-0.4, -0.2) is 22.7 Å². The SMILES string of the molecule is CCCNC(CC)C(C)c1nc(-c2cccc(Br)c2)no1. The lowest BCUT2D eigenvalue weighted by molar-refractivity contribution is 0.319. The number of benzene rings is 1. The molecule has 0 aliphatic rings. The summed E-state index contributed by atoms with van der Waals surface area (Å²) in [5, 5.41) is 7.65. The second-order valence-corrected chi connectivity index (χ2v) is 6.14. The molecular weight excluding hydrogens is 330 g/mol. The summed E-state index contributed by atoms with van der Waals surface area (Å²) in [6.07, 6.45) is 2.16. The monoisotopic (exact) mass is 351 g/mol. The minimum atomic E-state index is 0.204. The summed E-state index contributed by atoms with van der Waals surface area (Å²) in [6.45, 7) is 7.49. The van der Waals surface area contributed by atoms with Gasteiger partial charge in [0, 0.05) is 16.1 Å². The summed E-state index contributed by atoms with van der Waals surface area (Å²) < 4.78 is 6.48. The highest BCUT2D eigenvalue weighted by Gasteiger charge is 2.22. The molecule has 0 fully saturated rings. The quantitative estimate of drug-likeness (QED) is 0.803. The van der Waals surface area contributed by atoms with Crippen molar-refractivity contribution in [2.45, 2.75) is 45.6 Å². The van der Waals surface area contributed by atoms with Crippen LogP contribution in [0.3, 0.4) is 0 Å². The fourth-order valence-electron chi connectivity index (χ4n) is 2.34. The molecule has 5 heteroatoms. The lowest BCUT2D eigenvalue weighted by Gasteiger charge is -2.20. The van der Waals surface area contributed by atoms with Crippen LogP contribution in [0.1, 0.15) is 45.4 Å². The van der Waals surface area contributed by atoms with Gasteiger partial charge >= 0.3 is 0 Å². The van der Waals surface area contributed by atoms with Gasteiger partial charge in [-0.2, -0.15) is 4.98 Å². The second-order valence-electron chi connectivity index (χ2n) is 5.22. The van der Waals surface area contributed by atoms with Crippen molar-refractivity contribution in [3.63, 3.8) is 0 Å². The third kappa shape index (κ3) is 4.14. The van der Waals surface area contributed by atoms with Crippen molar-refractivity contribution in [3.8, 4) is 11.4 Å². The molecule has 4 nitrogen and oxygen atoms in total. The zero-order chi connectivity index (χ0) is 15.2. The van der Waals surface area contributed by atoms with E-state index in [0.717, 1.165) is 29.4 Å². The molecule has 1 heterocycles. The van der Waals surface area contributed by atoms with Gasteiger partial charge < -0.3 is 9.84 Å². The molecule has 0 aliphatic heterocycles. The number of rotatable bonds is 7. The first-order chi connectivity index (χ1) is 10.2. The standard InChI is InChI=1S/C16H22BrN3O/c1-4-9-18-14(5-2)11(3)16-19-15(20-21-16)12-7-6-8-13(17)10-12/h6-8,10-11,14,18H,4-5,9H2,1-3H3. The summed E-state index contributed by atoms with van der Waals surface area (Å²) in [5.74, 6) is 1.54. The lowest BCUT2D eigenvalue weighted by Crippen LogP contribution is -2.33. The molecule has 0 saturated heterocycles. The first-order valence-electron chi connectivity index (χ1n) is 7.48. The van der Waals surface area contributed by atoms with E-state index in [9.17, 15) is 0 Å². The minimum Gasteiger partial charge on any atom is -0.339 e. The number of aromatic nitrogens is 2. The smallest absolute Gasteiger partial charge is 0.231 e. The molecule has 2 aromatic rings. The van der Waals surface area contributed by atoms with Crippen LogP contribution in [-0.2, 0) is 0 Å². The van der Waals surface area contributed by atoms with E-state index in [0.29, 0.717) is 17.8 Å². The van der Waals surface area contributed by atoms with E-state index in [1.165, 1.54) is 0 Å². The van der Waals surface area contributed by atoms with Crippen molar-refractivity contribution in [2.75, 3.05) is 6.54 Å². The molecule has 2 rings (SSSR count). The lowest BCUT2D eigenvalue weighted by atomic mass is 9.99. The van der Waals surface area contributed by atoms with E-state index < -0.39 is 0 Å². The molecule has 0 bridgehead atoms. The van der Waals surface area contributed by atoms with E-state index in [4.69, 9.17) is 4.52 Å². The first-order valence-corrected chi connectivity index (χ1v) is 8.27. The van der Waals surface area contributed by atoms with E-state index in [2.05, 4.69) is 52.2 Å². The number of nitrogens with one attached hydrogen (secondary N) is 1. The van der Waals surface area contributed by atoms with Crippen molar-refractivity contribution in [3.05, 3.63) is 34.6 Å². The molecule has 0 spiro atoms. The maximum atomic E-state index is 5.47. The zero-order valence-electron chi connectivity index (χ0n) is 12.8. The molecule has 114 valence electrons. The third-order valence-electron chi connectivity index (χ3n) is 3.61. The fourth-order valence-corrected chi connectivity index (χ4v) is 2.74. The Morgan fingerprint density at radius 1 is 1.33 bits per heavy atom. The fraction of sp³-hybridized carbons (Fsp3) is 0.500. The summed E-state index contributed by atoms with van der Waals surface area (Å²) in [5.41, 5.74) is 0.959. The van der Waals surface area contributed by atoms with Crippen LogP contribution >= 0.6 is 15.9 Å². The highest BCUT2D eigenvalue weighted by atomic mass is 79.9. The zero-order valence-corrected chi connectivity index (χ0v) is 14.4. The Bertz CT molecular complexity index is 570. The molecule has 1 aromatic heterocycles. The van der Waals surface area contributed by atoms with Gasteiger partial charge in [-0.15, -0.1) is 0 Å². The minimum absolute atomic E-state index is 0.204. The van der Waals surface area contributed by atoms with Crippen LogP contribution in [0.5, 0.6) is 0 Å². The summed E-state index contributed by atoms with van der Waals surface area (Å²) in [4.78, 5) is 4.56. The van der Waals surface area contributed by atoms with Gasteiger partial charge in [0.2, 0.25) is 11.7 Å². The van der Waals surface area contributed by atoms with Crippen molar-refractivity contribution >= 4 is 15.9 Å². The first kappa shape index (κ1) is 16.2. The molecule has 1 N–H and O–H groups in total. The molecular formula is C16H22BrN3O. The van der Waals surface area contributed by atoms with Crippen LogP contribution < -0.4 is 5.32 Å². The van der Waals surface area contributed by atoms with Gasteiger partial charge in [0.05, 0.1) is 5.92 Å². The van der Waals surface area contributed by atoms with E-state index in [-0.39, 0.29) is 5.92 Å². The van der Waals surface area contributed by atoms with Crippen molar-refractivity contribution < 1.29 is 4.52 Å². The van der Waals surface area contributed by atoms with E-state index in [1.54, 1.807) is 0 Å². The molecule has 0 amide bonds. The average Bonchev–Trinajstić information content (AvgIpc) is 2.97. The number of hydrogen-bond acceptors (Lipinski definition) is 4. The summed E-state index contributed by atoms with van der Waals surface area (Å²) >= 11 is 3.46. The van der Waals surface area contributed by atoms with Gasteiger partial charge in [-0.25, -0.2) is 0 Å². The topological polar surface area (TPSA) is 51.0 Å². The largest absolute Gasteiger partial charge is 0.339 e. The highest BCUT2D eigenvalue weighted by Crippen LogP contribution is 2.24. The van der Waals surface area contributed by atoms with Gasteiger partial charge in [-0.3, -0.25) is 0 Å². The molecule has 1 aromatic carbocycles. The number of hydrogen-bond donors (Lipinski definition) is 1. The van der Waals surface area contributed by atoms with Crippen LogP contribution in [0.2, 0.25) is 0 Å². The Hall–Kier alpha value is -1.20. The van der Waals surface area contributed by atoms with Crippen LogP contribution in [0, 0.1) is 0 Å². The maximum Gasteiger partial charge on any atom is 0.231 e. The molecule has 21 heavy (non-hydrogen) atoms. The predicted molar refractivity (Wildman–Crippen MR) is 88.2 cm³/mol. The summed E-state index contributed by atoms with van der Waals surface area (Å²) in [7, 11) is 0. The number of halogens is 1. The molecule has 2 atom stereocenters. The van der Waals surface area contributed by atoms with Gasteiger partial charge in [-0.05, 0) is 31.5 Å². The second kappa shape index (κ2) is 7.71. The molecule has 2 unspecified atom stereocenters. The number of nitrogens with zero attached hydrogens (tertiary/aromatic N) is 2. The maximum absolute atomic E-state index is 5.47. The van der Waals surface area contributed by atoms with Crippen LogP contribution in [0.25, 0.3) is 11.4 Å². The Labute approximate surface area is 134 Å². The van der Waals surface area contributed by atoms with E-state index in [1.807, 2.05) is 24.3 Å². The molecule has 0 radical (unpaired) electrons. The Balaban J connectivity index is 2.15. The molecule has 0 saturated carbocycles. The van der Waals surface area contributed by atoms with Crippen molar-refractivity contribution in [1.82, 2.24) is 15.5 Å². The van der Waals surface area contributed by atoms with E-state index >= 15 is 0 Å². The third-order valence-corrected chi connectivity index (χ3v) is 4.11. The Morgan fingerprint density at radius 2 is 2.14 bits per heavy atom. The molecule has 0 aliphatic carbocycles. The van der Waals surface area contributed by atoms with Gasteiger partial charge in [0.25, 0.3) is 0 Å². The van der Waals surface area contributed by atoms with Crippen molar-refractivity contribution in [1.29, 1.82) is 0 Å². The average molecular weight is 352 g/mol. The predicted octanol–water partition coefficient (Wildman–Crippen LogP) is 4.38. The van der Waals surface area contributed by atoms with Crippen molar-refractivity contribution in [2.24, 2.45) is 0 Å². The van der Waals surface area contributed by atoms with Crippen LogP contribution in [0.15, 0.2) is 33.3 Å². The normalized spacial score (nSPS) is 14.1. The summed E-state index contributed by atoms with van der Waals surface area (Å²) in [6, 6.07) is 8.29. The van der Waals surface area contributed by atoms with Crippen LogP contribution in [0.4, 0.5) is 0 Å². The Morgan fingerprint density at radius 3 is 2.81 bits per heavy atom. The Kier molecular flexibility index (Phi) is 5.94. The van der Waals surface area contributed by atoms with Gasteiger partial charge in [0.1, 0.15) is 0 Å². The van der Waals surface area contributed by atoms with Gasteiger partial charge in [0.15, 0.2) is 0 Å². The van der Waals surface area contributed by atoms with Gasteiger partial charge in [-0.1, -0.05) is 54.0 Å². The highest BCUT2D eigenvalue weighted by molar-refractivity contribution is 9.10.